The molecule has 98 valence electrons. The summed E-state index contributed by atoms with van der Waals surface area (Å²) in [4.78, 5) is 4.99. The Morgan fingerprint density at radius 3 is 3.00 bits per heavy atom. The lowest BCUT2D eigenvalue weighted by Gasteiger charge is -2.20. The van der Waals surface area contributed by atoms with E-state index >= 15 is 0 Å². The first-order valence-corrected chi connectivity index (χ1v) is 7.15. The lowest BCUT2D eigenvalue weighted by molar-refractivity contribution is 0.140. The van der Waals surface area contributed by atoms with Crippen LogP contribution >= 0.6 is 11.3 Å². The molecule has 0 unspecified atom stereocenters. The highest BCUT2D eigenvalue weighted by molar-refractivity contribution is 7.12. The molecule has 4 heteroatoms. The minimum Gasteiger partial charge on any atom is -0.383 e. The topological polar surface area (TPSA) is 38.5 Å². The van der Waals surface area contributed by atoms with Gasteiger partial charge >= 0.3 is 0 Å². The van der Waals surface area contributed by atoms with Gasteiger partial charge in [0.25, 0.3) is 0 Å². The van der Waals surface area contributed by atoms with Gasteiger partial charge in [-0.15, -0.1) is 11.3 Å². The third-order valence-electron chi connectivity index (χ3n) is 2.98. The first kappa shape index (κ1) is 13.6. The number of methoxy groups -OCH3 is 1. The van der Waals surface area contributed by atoms with Gasteiger partial charge in [-0.2, -0.15) is 0 Å². The molecule has 1 aliphatic carbocycles. The molecule has 0 spiro atoms. The first-order valence-electron chi connectivity index (χ1n) is 6.34. The highest BCUT2D eigenvalue weighted by Gasteiger charge is 2.28. The predicted molar refractivity (Wildman–Crippen MR) is 75.6 cm³/mol. The van der Waals surface area contributed by atoms with Gasteiger partial charge in [0, 0.05) is 31.1 Å². The monoisotopic (exact) mass is 264 g/mol. The Morgan fingerprint density at radius 2 is 2.33 bits per heavy atom. The highest BCUT2D eigenvalue weighted by atomic mass is 32.1. The molecule has 1 saturated carbocycles. The average molecular weight is 264 g/mol. The third kappa shape index (κ3) is 4.11. The molecule has 0 aliphatic heterocycles. The minimum atomic E-state index is 0.426. The van der Waals surface area contributed by atoms with Crippen LogP contribution in [0.2, 0.25) is 0 Å². The van der Waals surface area contributed by atoms with E-state index in [0.29, 0.717) is 6.54 Å². The van der Waals surface area contributed by atoms with E-state index in [4.69, 9.17) is 10.5 Å². The largest absolute Gasteiger partial charge is 0.383 e. The Hall–Kier alpha value is -0.860. The summed E-state index contributed by atoms with van der Waals surface area (Å²) in [6, 6.07) is 5.03. The summed E-state index contributed by atoms with van der Waals surface area (Å²) in [5.41, 5.74) is 5.38. The lowest BCUT2D eigenvalue weighted by atomic mass is 10.3. The van der Waals surface area contributed by atoms with Gasteiger partial charge in [0.05, 0.1) is 18.0 Å². The van der Waals surface area contributed by atoms with Gasteiger partial charge in [0.1, 0.15) is 0 Å². The fraction of sp³-hybridized carbons (Fsp3) is 0.571. The molecule has 1 aliphatic rings. The molecule has 0 radical (unpaired) electrons. The normalized spacial score (nSPS) is 14.6. The molecule has 0 bridgehead atoms. The molecule has 0 atom stereocenters. The molecule has 3 nitrogen and oxygen atoms in total. The molecular weight excluding hydrogens is 244 g/mol. The van der Waals surface area contributed by atoms with E-state index in [1.54, 1.807) is 18.4 Å². The summed E-state index contributed by atoms with van der Waals surface area (Å²) in [6.45, 7) is 3.27. The fourth-order valence-electron chi connectivity index (χ4n) is 1.91. The van der Waals surface area contributed by atoms with Crippen molar-refractivity contribution < 1.29 is 4.74 Å². The van der Waals surface area contributed by atoms with Crippen molar-refractivity contribution in [1.29, 1.82) is 0 Å². The van der Waals surface area contributed by atoms with Gasteiger partial charge in [-0.05, 0) is 25.0 Å². The zero-order valence-electron chi connectivity index (χ0n) is 10.8. The maximum absolute atomic E-state index is 5.38. The zero-order chi connectivity index (χ0) is 12.8. The van der Waals surface area contributed by atoms with E-state index in [1.165, 1.54) is 17.7 Å². The molecule has 0 aromatic carbocycles. The van der Waals surface area contributed by atoms with Crippen molar-refractivity contribution in [2.75, 3.05) is 26.8 Å². The van der Waals surface area contributed by atoms with E-state index in [1.807, 2.05) is 0 Å². The van der Waals surface area contributed by atoms with E-state index in [2.05, 4.69) is 28.9 Å². The van der Waals surface area contributed by atoms with Crippen LogP contribution in [0.1, 0.15) is 22.6 Å². The number of rotatable bonds is 6. The van der Waals surface area contributed by atoms with Crippen LogP contribution in [0.15, 0.2) is 12.1 Å². The van der Waals surface area contributed by atoms with Crippen LogP contribution < -0.4 is 5.73 Å². The number of thiophene rings is 1. The summed E-state index contributed by atoms with van der Waals surface area (Å²) in [5.74, 6) is 5.98. The van der Waals surface area contributed by atoms with Gasteiger partial charge in [0.15, 0.2) is 0 Å². The van der Waals surface area contributed by atoms with Crippen molar-refractivity contribution >= 4 is 11.3 Å². The molecule has 1 aromatic rings. The van der Waals surface area contributed by atoms with Crippen LogP contribution in [-0.4, -0.2) is 37.7 Å². The van der Waals surface area contributed by atoms with E-state index in [9.17, 15) is 0 Å². The maximum Gasteiger partial charge on any atom is 0.0772 e. The van der Waals surface area contributed by atoms with Gasteiger partial charge in [-0.25, -0.2) is 0 Å². The summed E-state index contributed by atoms with van der Waals surface area (Å²) in [6.07, 6.45) is 2.66. The Bertz CT molecular complexity index is 428. The third-order valence-corrected chi connectivity index (χ3v) is 3.97. The van der Waals surface area contributed by atoms with E-state index < -0.39 is 0 Å². The van der Waals surface area contributed by atoms with Crippen molar-refractivity contribution in [3.8, 4) is 11.8 Å². The van der Waals surface area contributed by atoms with Crippen LogP contribution in [-0.2, 0) is 11.3 Å². The van der Waals surface area contributed by atoms with Crippen molar-refractivity contribution in [2.45, 2.75) is 25.4 Å². The summed E-state index contributed by atoms with van der Waals surface area (Å²) >= 11 is 1.77. The Kier molecular flexibility index (Phi) is 5.21. The van der Waals surface area contributed by atoms with Crippen LogP contribution in [0.4, 0.5) is 0 Å². The lowest BCUT2D eigenvalue weighted by Crippen LogP contribution is -2.28. The number of nitrogens with zero attached hydrogens (tertiary/aromatic N) is 1. The Morgan fingerprint density at radius 1 is 1.50 bits per heavy atom. The van der Waals surface area contributed by atoms with Crippen molar-refractivity contribution in [3.63, 3.8) is 0 Å². The highest BCUT2D eigenvalue weighted by Crippen LogP contribution is 2.29. The molecular formula is C14H20N2OS. The fourth-order valence-corrected chi connectivity index (χ4v) is 2.82. The SMILES string of the molecule is COCCN(Cc1ccc(C#CCN)s1)C1CC1. The van der Waals surface area contributed by atoms with Gasteiger partial charge in [-0.3, -0.25) is 4.90 Å². The molecule has 0 saturated heterocycles. The van der Waals surface area contributed by atoms with Gasteiger partial charge < -0.3 is 10.5 Å². The minimum absolute atomic E-state index is 0.426. The molecule has 2 N–H and O–H groups in total. The second kappa shape index (κ2) is 6.91. The molecule has 1 fully saturated rings. The number of ether oxygens (including phenoxy) is 1. The summed E-state index contributed by atoms with van der Waals surface area (Å²) in [5, 5.41) is 0. The molecule has 1 heterocycles. The molecule has 1 aromatic heterocycles. The number of hydrogen-bond acceptors (Lipinski definition) is 4. The smallest absolute Gasteiger partial charge is 0.0772 e. The van der Waals surface area contributed by atoms with Gasteiger partial charge in [-0.1, -0.05) is 11.8 Å². The second-order valence-corrected chi connectivity index (χ2v) is 5.63. The summed E-state index contributed by atoms with van der Waals surface area (Å²) in [7, 11) is 1.76. The van der Waals surface area contributed by atoms with Crippen LogP contribution in [0.5, 0.6) is 0 Å². The van der Waals surface area contributed by atoms with E-state index in [0.717, 1.165) is 30.6 Å². The van der Waals surface area contributed by atoms with Crippen molar-refractivity contribution in [2.24, 2.45) is 5.73 Å². The Balaban J connectivity index is 1.91. The van der Waals surface area contributed by atoms with Crippen LogP contribution in [0.25, 0.3) is 0 Å². The van der Waals surface area contributed by atoms with Gasteiger partial charge in [0.2, 0.25) is 0 Å². The predicted octanol–water partition coefficient (Wildman–Crippen LogP) is 1.67. The Labute approximate surface area is 113 Å². The van der Waals surface area contributed by atoms with Crippen molar-refractivity contribution in [3.05, 3.63) is 21.9 Å². The molecule has 18 heavy (non-hydrogen) atoms. The number of nitrogens with two attached hydrogens (primary N) is 1. The molecule has 2 rings (SSSR count). The van der Waals surface area contributed by atoms with Crippen LogP contribution in [0.3, 0.4) is 0 Å². The van der Waals surface area contributed by atoms with Crippen molar-refractivity contribution in [1.82, 2.24) is 4.90 Å². The second-order valence-electron chi connectivity index (χ2n) is 4.47. The number of hydrogen-bond donors (Lipinski definition) is 1. The first-order chi connectivity index (χ1) is 8.83. The quantitative estimate of drug-likeness (QED) is 0.794. The maximum atomic E-state index is 5.38. The van der Waals surface area contributed by atoms with Crippen LogP contribution in [0, 0.1) is 11.8 Å². The standard InChI is InChI=1S/C14H20N2OS/c1-17-10-9-16(12-4-5-12)11-14-7-6-13(18-14)3-2-8-15/h6-7,12H,4-5,8-11,15H2,1H3. The zero-order valence-corrected chi connectivity index (χ0v) is 11.6. The van der Waals surface area contributed by atoms with E-state index in [-0.39, 0.29) is 0 Å². The summed E-state index contributed by atoms with van der Waals surface area (Å²) < 4.78 is 5.17. The molecule has 0 amide bonds. The average Bonchev–Trinajstić information content (AvgIpc) is 3.13.